The van der Waals surface area contributed by atoms with Crippen LogP contribution in [0.3, 0.4) is 0 Å². The number of hydrogen-bond acceptors (Lipinski definition) is 4. The van der Waals surface area contributed by atoms with Gasteiger partial charge in [0.25, 0.3) is 0 Å². The Labute approximate surface area is 101 Å². The Bertz CT molecular complexity index is 362. The molecule has 1 aromatic carbocycles. The van der Waals surface area contributed by atoms with Crippen LogP contribution >= 0.6 is 0 Å². The number of carbonyl (C=O) groups is 1. The van der Waals surface area contributed by atoms with Crippen LogP contribution in [0.1, 0.15) is 22.8 Å². The minimum atomic E-state index is -0.340. The molecule has 0 amide bonds. The smallest absolute Gasteiger partial charge is 0.338 e. The van der Waals surface area contributed by atoms with Crippen LogP contribution in [0.4, 0.5) is 0 Å². The summed E-state index contributed by atoms with van der Waals surface area (Å²) in [4.78, 5) is 11.8. The lowest BCUT2D eigenvalue weighted by atomic mass is 10.1. The van der Waals surface area contributed by atoms with Crippen molar-refractivity contribution in [1.82, 2.24) is 0 Å². The van der Waals surface area contributed by atoms with Crippen LogP contribution in [-0.4, -0.2) is 32.9 Å². The number of esters is 1. The number of ether oxygens (including phenoxy) is 3. The van der Waals surface area contributed by atoms with Gasteiger partial charge in [-0.25, -0.2) is 4.79 Å². The largest absolute Gasteiger partial charge is 0.457 e. The van der Waals surface area contributed by atoms with E-state index in [9.17, 15) is 4.79 Å². The van der Waals surface area contributed by atoms with E-state index in [1.165, 1.54) is 0 Å². The maximum atomic E-state index is 11.8. The van der Waals surface area contributed by atoms with Crippen LogP contribution < -0.4 is 0 Å². The van der Waals surface area contributed by atoms with Crippen LogP contribution in [0.25, 0.3) is 0 Å². The lowest BCUT2D eigenvalue weighted by Gasteiger charge is -2.12. The quantitative estimate of drug-likeness (QED) is 0.711. The molecule has 0 unspecified atom stereocenters. The first-order chi connectivity index (χ1) is 8.17. The van der Waals surface area contributed by atoms with E-state index in [0.29, 0.717) is 18.8 Å². The van der Waals surface area contributed by atoms with E-state index in [-0.39, 0.29) is 12.1 Å². The number of carbonyl (C=O) groups excluding carboxylic acids is 1. The standard InChI is InChI=1S/C13H18O4/c1-10(8-15-2)17-13(14)12-6-4-5-11(7-12)9-16-3/h4-7,10H,8-9H2,1-3H3/t10-/m0/s1. The minimum absolute atomic E-state index is 0.251. The van der Waals surface area contributed by atoms with Gasteiger partial charge in [0.15, 0.2) is 0 Å². The predicted molar refractivity (Wildman–Crippen MR) is 63.9 cm³/mol. The molecule has 0 bridgehead atoms. The normalized spacial score (nSPS) is 12.2. The summed E-state index contributed by atoms with van der Waals surface area (Å²) >= 11 is 0. The van der Waals surface area contributed by atoms with E-state index in [1.807, 2.05) is 12.1 Å². The molecule has 0 N–H and O–H groups in total. The predicted octanol–water partition coefficient (Wildman–Crippen LogP) is 2.02. The van der Waals surface area contributed by atoms with Crippen molar-refractivity contribution in [2.45, 2.75) is 19.6 Å². The molecule has 4 nitrogen and oxygen atoms in total. The van der Waals surface area contributed by atoms with E-state index in [0.717, 1.165) is 5.56 Å². The second kappa shape index (κ2) is 7.04. The minimum Gasteiger partial charge on any atom is -0.457 e. The number of hydrogen-bond donors (Lipinski definition) is 0. The van der Waals surface area contributed by atoms with Gasteiger partial charge in [-0.05, 0) is 24.6 Å². The average molecular weight is 238 g/mol. The third-order valence-corrected chi connectivity index (χ3v) is 2.18. The second-order valence-electron chi connectivity index (χ2n) is 3.80. The van der Waals surface area contributed by atoms with E-state index < -0.39 is 0 Å². The Hall–Kier alpha value is -1.39. The molecule has 1 aromatic rings. The summed E-state index contributed by atoms with van der Waals surface area (Å²) < 4.78 is 15.1. The van der Waals surface area contributed by atoms with Crippen molar-refractivity contribution in [2.75, 3.05) is 20.8 Å². The molecule has 0 fully saturated rings. The van der Waals surface area contributed by atoms with Crippen molar-refractivity contribution in [3.8, 4) is 0 Å². The van der Waals surface area contributed by atoms with E-state index in [1.54, 1.807) is 33.3 Å². The molecule has 94 valence electrons. The van der Waals surface area contributed by atoms with E-state index in [2.05, 4.69) is 0 Å². The van der Waals surface area contributed by atoms with Gasteiger partial charge in [-0.1, -0.05) is 12.1 Å². The zero-order valence-electron chi connectivity index (χ0n) is 10.4. The maximum absolute atomic E-state index is 11.8. The van der Waals surface area contributed by atoms with Crippen molar-refractivity contribution in [3.05, 3.63) is 35.4 Å². The molecule has 0 saturated carbocycles. The summed E-state index contributed by atoms with van der Waals surface area (Å²) in [5.41, 5.74) is 1.48. The molecule has 4 heteroatoms. The van der Waals surface area contributed by atoms with Gasteiger partial charge in [-0.3, -0.25) is 0 Å². The Morgan fingerprint density at radius 1 is 1.29 bits per heavy atom. The van der Waals surface area contributed by atoms with Crippen LogP contribution in [0.2, 0.25) is 0 Å². The molecular weight excluding hydrogens is 220 g/mol. The number of methoxy groups -OCH3 is 2. The highest BCUT2D eigenvalue weighted by Gasteiger charge is 2.12. The molecule has 0 aliphatic carbocycles. The van der Waals surface area contributed by atoms with Gasteiger partial charge in [-0.2, -0.15) is 0 Å². The third-order valence-electron chi connectivity index (χ3n) is 2.18. The fourth-order valence-corrected chi connectivity index (χ4v) is 1.47. The molecule has 0 spiro atoms. The van der Waals surface area contributed by atoms with Gasteiger partial charge in [0, 0.05) is 14.2 Å². The van der Waals surface area contributed by atoms with Gasteiger partial charge in [-0.15, -0.1) is 0 Å². The van der Waals surface area contributed by atoms with Crippen molar-refractivity contribution >= 4 is 5.97 Å². The van der Waals surface area contributed by atoms with E-state index >= 15 is 0 Å². The molecule has 0 heterocycles. The first-order valence-corrected chi connectivity index (χ1v) is 5.45. The number of benzene rings is 1. The van der Waals surface area contributed by atoms with Crippen molar-refractivity contribution in [3.63, 3.8) is 0 Å². The Morgan fingerprint density at radius 3 is 2.71 bits per heavy atom. The van der Waals surface area contributed by atoms with Gasteiger partial charge < -0.3 is 14.2 Å². The van der Waals surface area contributed by atoms with E-state index in [4.69, 9.17) is 14.2 Å². The summed E-state index contributed by atoms with van der Waals surface area (Å²) in [6, 6.07) is 7.21. The van der Waals surface area contributed by atoms with Crippen LogP contribution in [0.5, 0.6) is 0 Å². The molecule has 0 radical (unpaired) electrons. The van der Waals surface area contributed by atoms with Gasteiger partial charge in [0.2, 0.25) is 0 Å². The molecular formula is C13H18O4. The first kappa shape index (κ1) is 13.7. The lowest BCUT2D eigenvalue weighted by Crippen LogP contribution is -2.19. The molecule has 1 rings (SSSR count). The highest BCUT2D eigenvalue weighted by Crippen LogP contribution is 2.09. The molecule has 0 aliphatic heterocycles. The van der Waals surface area contributed by atoms with Gasteiger partial charge in [0.1, 0.15) is 6.10 Å². The second-order valence-corrected chi connectivity index (χ2v) is 3.80. The highest BCUT2D eigenvalue weighted by molar-refractivity contribution is 5.89. The van der Waals surface area contributed by atoms with Crippen LogP contribution in [-0.2, 0) is 20.8 Å². The summed E-state index contributed by atoms with van der Waals surface area (Å²) in [7, 11) is 3.19. The van der Waals surface area contributed by atoms with Crippen molar-refractivity contribution in [2.24, 2.45) is 0 Å². The fraction of sp³-hybridized carbons (Fsp3) is 0.462. The SMILES string of the molecule is COCc1cccc(C(=O)O[C@@H](C)COC)c1. The number of rotatable bonds is 6. The molecule has 0 aromatic heterocycles. The maximum Gasteiger partial charge on any atom is 0.338 e. The zero-order chi connectivity index (χ0) is 12.7. The van der Waals surface area contributed by atoms with Gasteiger partial charge >= 0.3 is 5.97 Å². The molecule has 0 saturated heterocycles. The Balaban J connectivity index is 2.65. The van der Waals surface area contributed by atoms with Crippen LogP contribution in [0.15, 0.2) is 24.3 Å². The topological polar surface area (TPSA) is 44.8 Å². The summed E-state index contributed by atoms with van der Waals surface area (Å²) in [6.07, 6.45) is -0.251. The fourth-order valence-electron chi connectivity index (χ4n) is 1.47. The van der Waals surface area contributed by atoms with Crippen molar-refractivity contribution in [1.29, 1.82) is 0 Å². The molecule has 1 atom stereocenters. The zero-order valence-corrected chi connectivity index (χ0v) is 10.4. The first-order valence-electron chi connectivity index (χ1n) is 5.45. The summed E-state index contributed by atoms with van der Waals surface area (Å²) in [5.74, 6) is -0.340. The Kier molecular flexibility index (Phi) is 5.66. The summed E-state index contributed by atoms with van der Waals surface area (Å²) in [5, 5.41) is 0. The van der Waals surface area contributed by atoms with Gasteiger partial charge in [0.05, 0.1) is 18.8 Å². The molecule has 17 heavy (non-hydrogen) atoms. The van der Waals surface area contributed by atoms with Crippen molar-refractivity contribution < 1.29 is 19.0 Å². The average Bonchev–Trinajstić information content (AvgIpc) is 2.30. The summed E-state index contributed by atoms with van der Waals surface area (Å²) in [6.45, 7) is 2.67. The molecule has 0 aliphatic rings. The third kappa shape index (κ3) is 4.54. The monoisotopic (exact) mass is 238 g/mol. The Morgan fingerprint density at radius 2 is 2.06 bits per heavy atom. The van der Waals surface area contributed by atoms with Crippen LogP contribution in [0, 0.1) is 0 Å². The lowest BCUT2D eigenvalue weighted by molar-refractivity contribution is 0.0120. The highest BCUT2D eigenvalue weighted by atomic mass is 16.6.